The Hall–Kier alpha value is -1.40. The predicted molar refractivity (Wildman–Crippen MR) is 55.7 cm³/mol. The number of hydrogen-bond donors (Lipinski definition) is 0. The lowest BCUT2D eigenvalue weighted by atomic mass is 10.1. The Morgan fingerprint density at radius 2 is 2.07 bits per heavy atom. The highest BCUT2D eigenvalue weighted by atomic mass is 19.1. The van der Waals surface area contributed by atoms with Gasteiger partial charge in [0.25, 0.3) is 0 Å². The van der Waals surface area contributed by atoms with Gasteiger partial charge in [-0.2, -0.15) is 5.26 Å². The average Bonchev–Trinajstić information content (AvgIpc) is 2.15. The van der Waals surface area contributed by atoms with Crippen LogP contribution in [0.5, 0.6) is 0 Å². The van der Waals surface area contributed by atoms with E-state index in [1.54, 1.807) is 18.2 Å². The standard InChI is InChI=1S/C12H14FNO/c1-12(2,3)15-8-10-6-4-5-9(7-14)11(10)13/h4-6H,8H2,1-3H3. The van der Waals surface area contributed by atoms with E-state index in [1.165, 1.54) is 6.07 Å². The van der Waals surface area contributed by atoms with Crippen molar-refractivity contribution in [2.45, 2.75) is 33.0 Å². The first-order valence-corrected chi connectivity index (χ1v) is 4.75. The normalized spacial score (nSPS) is 11.1. The molecule has 1 rings (SSSR count). The zero-order valence-corrected chi connectivity index (χ0v) is 9.17. The molecule has 1 aromatic carbocycles. The Morgan fingerprint density at radius 1 is 1.40 bits per heavy atom. The molecule has 15 heavy (non-hydrogen) atoms. The third-order valence-corrected chi connectivity index (χ3v) is 1.86. The van der Waals surface area contributed by atoms with Gasteiger partial charge in [-0.15, -0.1) is 0 Å². The highest BCUT2D eigenvalue weighted by molar-refractivity contribution is 5.34. The van der Waals surface area contributed by atoms with Crippen LogP contribution in [0.1, 0.15) is 31.9 Å². The fraction of sp³-hybridized carbons (Fsp3) is 0.417. The molecule has 0 spiro atoms. The van der Waals surface area contributed by atoms with Crippen molar-refractivity contribution in [1.29, 1.82) is 5.26 Å². The average molecular weight is 207 g/mol. The summed E-state index contributed by atoms with van der Waals surface area (Å²) >= 11 is 0. The van der Waals surface area contributed by atoms with Crippen molar-refractivity contribution in [3.8, 4) is 6.07 Å². The summed E-state index contributed by atoms with van der Waals surface area (Å²) in [5.41, 5.74) is 0.170. The van der Waals surface area contributed by atoms with Crippen LogP contribution in [0.4, 0.5) is 4.39 Å². The molecule has 0 N–H and O–H groups in total. The fourth-order valence-electron chi connectivity index (χ4n) is 1.07. The largest absolute Gasteiger partial charge is 0.371 e. The molecule has 0 saturated carbocycles. The van der Waals surface area contributed by atoms with Gasteiger partial charge in [0.1, 0.15) is 11.9 Å². The smallest absolute Gasteiger partial charge is 0.146 e. The molecule has 2 nitrogen and oxygen atoms in total. The van der Waals surface area contributed by atoms with Gasteiger partial charge in [-0.1, -0.05) is 12.1 Å². The molecule has 0 amide bonds. The van der Waals surface area contributed by atoms with Gasteiger partial charge in [0, 0.05) is 5.56 Å². The number of ether oxygens (including phenoxy) is 1. The summed E-state index contributed by atoms with van der Waals surface area (Å²) in [6, 6.07) is 6.54. The van der Waals surface area contributed by atoms with Crippen LogP contribution in [0.3, 0.4) is 0 Å². The molecule has 0 fully saturated rings. The Balaban J connectivity index is 2.83. The highest BCUT2D eigenvalue weighted by Gasteiger charge is 2.13. The van der Waals surface area contributed by atoms with E-state index < -0.39 is 5.82 Å². The van der Waals surface area contributed by atoms with Gasteiger partial charge in [0.05, 0.1) is 17.8 Å². The van der Waals surface area contributed by atoms with Crippen LogP contribution in [-0.2, 0) is 11.3 Å². The van der Waals surface area contributed by atoms with Gasteiger partial charge < -0.3 is 4.74 Å². The number of nitrogens with zero attached hydrogens (tertiary/aromatic N) is 1. The minimum absolute atomic E-state index is 0.0602. The highest BCUT2D eigenvalue weighted by Crippen LogP contribution is 2.16. The van der Waals surface area contributed by atoms with Crippen molar-refractivity contribution >= 4 is 0 Å². The third-order valence-electron chi connectivity index (χ3n) is 1.86. The van der Waals surface area contributed by atoms with Crippen LogP contribution in [0, 0.1) is 17.1 Å². The second-order valence-electron chi connectivity index (χ2n) is 4.29. The molecule has 0 heterocycles. The van der Waals surface area contributed by atoms with Crippen molar-refractivity contribution < 1.29 is 9.13 Å². The fourth-order valence-corrected chi connectivity index (χ4v) is 1.07. The maximum Gasteiger partial charge on any atom is 0.146 e. The molecule has 0 unspecified atom stereocenters. The lowest BCUT2D eigenvalue weighted by Crippen LogP contribution is -2.19. The monoisotopic (exact) mass is 207 g/mol. The predicted octanol–water partition coefficient (Wildman–Crippen LogP) is 3.01. The Labute approximate surface area is 89.3 Å². The van der Waals surface area contributed by atoms with E-state index in [2.05, 4.69) is 0 Å². The maximum atomic E-state index is 13.5. The van der Waals surface area contributed by atoms with Gasteiger partial charge in [0.2, 0.25) is 0 Å². The van der Waals surface area contributed by atoms with E-state index in [9.17, 15) is 4.39 Å². The first-order chi connectivity index (χ1) is 6.94. The van der Waals surface area contributed by atoms with Crippen molar-refractivity contribution in [2.75, 3.05) is 0 Å². The molecule has 0 bridgehead atoms. The van der Waals surface area contributed by atoms with Crippen LogP contribution in [0.15, 0.2) is 18.2 Å². The second-order valence-corrected chi connectivity index (χ2v) is 4.29. The van der Waals surface area contributed by atoms with Gasteiger partial charge in [0.15, 0.2) is 0 Å². The van der Waals surface area contributed by atoms with E-state index in [0.29, 0.717) is 5.56 Å². The van der Waals surface area contributed by atoms with Crippen LogP contribution in [-0.4, -0.2) is 5.60 Å². The van der Waals surface area contributed by atoms with Crippen molar-refractivity contribution in [3.05, 3.63) is 35.1 Å². The summed E-state index contributed by atoms with van der Waals surface area (Å²) in [5, 5.41) is 8.64. The molecule has 1 aromatic rings. The number of halogens is 1. The van der Waals surface area contributed by atoms with E-state index in [1.807, 2.05) is 20.8 Å². The first kappa shape index (κ1) is 11.7. The van der Waals surface area contributed by atoms with Gasteiger partial charge in [-0.25, -0.2) is 4.39 Å². The van der Waals surface area contributed by atoms with E-state index in [-0.39, 0.29) is 17.8 Å². The summed E-state index contributed by atoms with van der Waals surface area (Å²) in [6.07, 6.45) is 0. The van der Waals surface area contributed by atoms with Crippen LogP contribution in [0.25, 0.3) is 0 Å². The summed E-state index contributed by atoms with van der Waals surface area (Å²) < 4.78 is 19.0. The second kappa shape index (κ2) is 4.41. The SMILES string of the molecule is CC(C)(C)OCc1cccc(C#N)c1F. The van der Waals surface area contributed by atoms with Crippen LogP contribution < -0.4 is 0 Å². The van der Waals surface area contributed by atoms with Crippen LogP contribution >= 0.6 is 0 Å². The molecule has 0 saturated heterocycles. The lowest BCUT2D eigenvalue weighted by molar-refractivity contribution is -0.0161. The molecule has 0 aliphatic rings. The van der Waals surface area contributed by atoms with Crippen molar-refractivity contribution in [2.24, 2.45) is 0 Å². The van der Waals surface area contributed by atoms with Gasteiger partial charge >= 0.3 is 0 Å². The molecular formula is C12H14FNO. The number of nitriles is 1. The molecular weight excluding hydrogens is 193 g/mol. The van der Waals surface area contributed by atoms with E-state index >= 15 is 0 Å². The number of hydrogen-bond acceptors (Lipinski definition) is 2. The quantitative estimate of drug-likeness (QED) is 0.746. The number of rotatable bonds is 2. The maximum absolute atomic E-state index is 13.5. The Kier molecular flexibility index (Phi) is 3.43. The molecule has 0 aromatic heterocycles. The van der Waals surface area contributed by atoms with Crippen molar-refractivity contribution in [1.82, 2.24) is 0 Å². The van der Waals surface area contributed by atoms with E-state index in [0.717, 1.165) is 0 Å². The molecule has 80 valence electrons. The molecule has 0 aliphatic heterocycles. The Morgan fingerprint density at radius 3 is 2.60 bits per heavy atom. The first-order valence-electron chi connectivity index (χ1n) is 4.75. The minimum Gasteiger partial charge on any atom is -0.371 e. The topological polar surface area (TPSA) is 33.0 Å². The van der Waals surface area contributed by atoms with Crippen LogP contribution in [0.2, 0.25) is 0 Å². The van der Waals surface area contributed by atoms with E-state index in [4.69, 9.17) is 10.00 Å². The van der Waals surface area contributed by atoms with Gasteiger partial charge in [-0.05, 0) is 26.8 Å². The summed E-state index contributed by atoms with van der Waals surface area (Å²) in [5.74, 6) is -0.482. The van der Waals surface area contributed by atoms with Crippen molar-refractivity contribution in [3.63, 3.8) is 0 Å². The molecule has 0 aliphatic carbocycles. The Bertz CT molecular complexity index is 388. The third kappa shape index (κ3) is 3.34. The summed E-state index contributed by atoms with van der Waals surface area (Å²) in [7, 11) is 0. The number of benzene rings is 1. The summed E-state index contributed by atoms with van der Waals surface area (Å²) in [4.78, 5) is 0. The van der Waals surface area contributed by atoms with Gasteiger partial charge in [-0.3, -0.25) is 0 Å². The zero-order valence-electron chi connectivity index (χ0n) is 9.17. The minimum atomic E-state index is -0.482. The zero-order chi connectivity index (χ0) is 11.5. The summed E-state index contributed by atoms with van der Waals surface area (Å²) in [6.45, 7) is 5.89. The molecule has 3 heteroatoms. The molecule has 0 radical (unpaired) electrons. The lowest BCUT2D eigenvalue weighted by Gasteiger charge is -2.19. The molecule has 0 atom stereocenters.